The van der Waals surface area contributed by atoms with Gasteiger partial charge in [0.25, 0.3) is 0 Å². The zero-order valence-corrected chi connectivity index (χ0v) is 17.6. The number of nitrogens with one attached hydrogen (secondary N) is 1. The van der Waals surface area contributed by atoms with Gasteiger partial charge in [-0.2, -0.15) is 0 Å². The summed E-state index contributed by atoms with van der Waals surface area (Å²) in [6, 6.07) is 6.51. The Morgan fingerprint density at radius 3 is 2.14 bits per heavy atom. The van der Waals surface area contributed by atoms with Gasteiger partial charge < -0.3 is 4.98 Å². The molecule has 1 aromatic heterocycles. The fourth-order valence-electron chi connectivity index (χ4n) is 3.81. The number of aromatic nitrogens is 1. The van der Waals surface area contributed by atoms with Gasteiger partial charge in [-0.3, -0.25) is 0 Å². The molecular formula is C19H26INSi. The largest absolute Gasteiger partial charge is 0.360 e. The van der Waals surface area contributed by atoms with E-state index in [0.29, 0.717) is 16.6 Å². The monoisotopic (exact) mass is 423 g/mol. The summed E-state index contributed by atoms with van der Waals surface area (Å²) in [6.45, 7) is 14.2. The van der Waals surface area contributed by atoms with Crippen molar-refractivity contribution in [2.75, 3.05) is 0 Å². The van der Waals surface area contributed by atoms with E-state index in [1.165, 1.54) is 14.5 Å². The van der Waals surface area contributed by atoms with Gasteiger partial charge in [-0.25, -0.2) is 0 Å². The molecule has 0 saturated heterocycles. The lowest BCUT2D eigenvalue weighted by molar-refractivity contribution is 0.838. The van der Waals surface area contributed by atoms with E-state index >= 15 is 0 Å². The molecule has 0 bridgehead atoms. The van der Waals surface area contributed by atoms with Gasteiger partial charge >= 0.3 is 0 Å². The fraction of sp³-hybridized carbons (Fsp3) is 0.474. The SMILES string of the molecule is CC(C)[Si](C#Cc1c[nH]c2cc(I)ccc12)(C(C)C)C(C)C. The fourth-order valence-corrected chi connectivity index (χ4v) is 9.52. The highest BCUT2D eigenvalue weighted by molar-refractivity contribution is 14.1. The molecular weight excluding hydrogens is 397 g/mol. The second kappa shape index (κ2) is 6.80. The summed E-state index contributed by atoms with van der Waals surface area (Å²) in [4.78, 5) is 3.36. The molecule has 3 heteroatoms. The Morgan fingerprint density at radius 1 is 1.00 bits per heavy atom. The number of aromatic amines is 1. The van der Waals surface area contributed by atoms with Gasteiger partial charge in [0.05, 0.1) is 0 Å². The Balaban J connectivity index is 2.53. The van der Waals surface area contributed by atoms with Crippen LogP contribution in [-0.2, 0) is 0 Å². The summed E-state index contributed by atoms with van der Waals surface area (Å²) in [6.07, 6.45) is 2.06. The molecule has 0 radical (unpaired) electrons. The van der Waals surface area contributed by atoms with Crippen LogP contribution in [0.5, 0.6) is 0 Å². The van der Waals surface area contributed by atoms with Crippen LogP contribution in [0.15, 0.2) is 24.4 Å². The predicted molar refractivity (Wildman–Crippen MR) is 109 cm³/mol. The van der Waals surface area contributed by atoms with Gasteiger partial charge in [0.2, 0.25) is 0 Å². The lowest BCUT2D eigenvalue weighted by Gasteiger charge is -2.38. The Kier molecular flexibility index (Phi) is 5.44. The molecule has 0 unspecified atom stereocenters. The molecule has 2 rings (SSSR count). The van der Waals surface area contributed by atoms with E-state index in [2.05, 4.69) is 105 Å². The quantitative estimate of drug-likeness (QED) is 0.337. The standard InChI is InChI=1S/C19H26INSi/c1-13(2)22(14(3)4,15(5)6)10-9-16-12-21-19-11-17(20)7-8-18(16)19/h7-8,11-15,21H,1-6H3. The van der Waals surface area contributed by atoms with E-state index in [4.69, 9.17) is 0 Å². The molecule has 0 spiro atoms. The number of hydrogen-bond acceptors (Lipinski definition) is 0. The summed E-state index contributed by atoms with van der Waals surface area (Å²) in [5, 5.41) is 1.24. The van der Waals surface area contributed by atoms with Crippen LogP contribution in [0.3, 0.4) is 0 Å². The maximum atomic E-state index is 3.81. The van der Waals surface area contributed by atoms with Crippen molar-refractivity contribution in [1.82, 2.24) is 4.98 Å². The van der Waals surface area contributed by atoms with E-state index in [1.54, 1.807) is 0 Å². The molecule has 0 aliphatic carbocycles. The van der Waals surface area contributed by atoms with Crippen LogP contribution in [0.4, 0.5) is 0 Å². The van der Waals surface area contributed by atoms with Crippen LogP contribution in [0.2, 0.25) is 16.6 Å². The number of hydrogen-bond donors (Lipinski definition) is 1. The summed E-state index contributed by atoms with van der Waals surface area (Å²) < 4.78 is 1.25. The Labute approximate surface area is 149 Å². The average molecular weight is 423 g/mol. The zero-order valence-electron chi connectivity index (χ0n) is 14.4. The summed E-state index contributed by atoms with van der Waals surface area (Å²) in [5.41, 5.74) is 8.15. The Hall–Kier alpha value is -0.733. The van der Waals surface area contributed by atoms with Gasteiger partial charge in [0, 0.05) is 26.2 Å². The first kappa shape index (κ1) is 17.6. The second-order valence-electron chi connectivity index (χ2n) is 7.04. The van der Waals surface area contributed by atoms with Crippen molar-refractivity contribution in [3.8, 4) is 11.5 Å². The third kappa shape index (κ3) is 3.14. The van der Waals surface area contributed by atoms with Crippen molar-refractivity contribution in [3.05, 3.63) is 33.5 Å². The number of halogens is 1. The molecule has 1 aromatic carbocycles. The topological polar surface area (TPSA) is 15.8 Å². The lowest BCUT2D eigenvalue weighted by atomic mass is 10.2. The van der Waals surface area contributed by atoms with Crippen LogP contribution >= 0.6 is 22.6 Å². The van der Waals surface area contributed by atoms with Crippen molar-refractivity contribution in [3.63, 3.8) is 0 Å². The number of fused-ring (bicyclic) bond motifs is 1. The molecule has 0 amide bonds. The molecule has 0 saturated carbocycles. The minimum atomic E-state index is -1.66. The first-order valence-corrected chi connectivity index (χ1v) is 11.4. The first-order valence-electron chi connectivity index (χ1n) is 8.08. The highest BCUT2D eigenvalue weighted by Crippen LogP contribution is 2.40. The molecule has 2 aromatic rings. The van der Waals surface area contributed by atoms with Crippen LogP contribution in [0, 0.1) is 15.0 Å². The van der Waals surface area contributed by atoms with Gasteiger partial charge in [0.1, 0.15) is 8.07 Å². The van der Waals surface area contributed by atoms with E-state index in [1.807, 2.05) is 0 Å². The van der Waals surface area contributed by atoms with E-state index in [9.17, 15) is 0 Å². The van der Waals surface area contributed by atoms with Crippen molar-refractivity contribution in [2.45, 2.75) is 58.2 Å². The van der Waals surface area contributed by atoms with Crippen molar-refractivity contribution in [1.29, 1.82) is 0 Å². The van der Waals surface area contributed by atoms with E-state index in [0.717, 1.165) is 5.56 Å². The van der Waals surface area contributed by atoms with Crippen molar-refractivity contribution in [2.24, 2.45) is 0 Å². The smallest absolute Gasteiger partial charge is 0.146 e. The third-order valence-corrected chi connectivity index (χ3v) is 11.9. The second-order valence-corrected chi connectivity index (χ2v) is 13.9. The normalized spacial score (nSPS) is 12.3. The van der Waals surface area contributed by atoms with Crippen LogP contribution < -0.4 is 0 Å². The van der Waals surface area contributed by atoms with Gasteiger partial charge in [-0.15, -0.1) is 5.54 Å². The van der Waals surface area contributed by atoms with Crippen LogP contribution in [0.25, 0.3) is 10.9 Å². The molecule has 118 valence electrons. The van der Waals surface area contributed by atoms with Crippen LogP contribution in [0.1, 0.15) is 47.1 Å². The molecule has 22 heavy (non-hydrogen) atoms. The molecule has 0 aliphatic heterocycles. The molecule has 1 heterocycles. The lowest BCUT2D eigenvalue weighted by Crippen LogP contribution is -2.43. The van der Waals surface area contributed by atoms with Crippen molar-refractivity contribution < 1.29 is 0 Å². The molecule has 1 nitrogen and oxygen atoms in total. The molecule has 0 fully saturated rings. The zero-order chi connectivity index (χ0) is 16.5. The maximum absolute atomic E-state index is 3.81. The summed E-state index contributed by atoms with van der Waals surface area (Å²) >= 11 is 2.35. The van der Waals surface area contributed by atoms with E-state index < -0.39 is 8.07 Å². The molecule has 1 N–H and O–H groups in total. The van der Waals surface area contributed by atoms with Gasteiger partial charge in [-0.05, 0) is 51.3 Å². The first-order chi connectivity index (χ1) is 10.3. The maximum Gasteiger partial charge on any atom is 0.146 e. The number of H-pyrrole nitrogens is 1. The third-order valence-electron chi connectivity index (χ3n) is 4.92. The Bertz CT molecular complexity index is 694. The summed E-state index contributed by atoms with van der Waals surface area (Å²) in [5.74, 6) is 3.55. The van der Waals surface area contributed by atoms with Gasteiger partial charge in [-0.1, -0.05) is 53.5 Å². The summed E-state index contributed by atoms with van der Waals surface area (Å²) in [7, 11) is -1.66. The highest BCUT2D eigenvalue weighted by Gasteiger charge is 2.41. The molecule has 0 aliphatic rings. The minimum absolute atomic E-state index is 0.672. The Morgan fingerprint density at radius 2 is 1.59 bits per heavy atom. The molecule has 0 atom stereocenters. The highest BCUT2D eigenvalue weighted by atomic mass is 127. The average Bonchev–Trinajstić information content (AvgIpc) is 2.80. The van der Waals surface area contributed by atoms with Crippen LogP contribution in [-0.4, -0.2) is 13.1 Å². The van der Waals surface area contributed by atoms with E-state index in [-0.39, 0.29) is 0 Å². The number of benzene rings is 1. The van der Waals surface area contributed by atoms with Gasteiger partial charge in [0.15, 0.2) is 0 Å². The van der Waals surface area contributed by atoms with Crippen molar-refractivity contribution >= 4 is 41.6 Å². The minimum Gasteiger partial charge on any atom is -0.360 e. The number of rotatable bonds is 3. The predicted octanol–water partition coefficient (Wildman–Crippen LogP) is 6.34.